The summed E-state index contributed by atoms with van der Waals surface area (Å²) in [4.78, 5) is 14.5. The van der Waals surface area contributed by atoms with Crippen molar-refractivity contribution in [2.45, 2.75) is 59.0 Å². The van der Waals surface area contributed by atoms with E-state index in [1.165, 1.54) is 0 Å². The average Bonchev–Trinajstić information content (AvgIpc) is 2.81. The molecule has 19 heavy (non-hydrogen) atoms. The molecule has 2 atom stereocenters. The van der Waals surface area contributed by atoms with Gasteiger partial charge in [0.1, 0.15) is 0 Å². The molecule has 4 heteroatoms. The molecule has 4 nitrogen and oxygen atoms in total. The molecule has 2 unspecified atom stereocenters. The van der Waals surface area contributed by atoms with Gasteiger partial charge in [-0.15, -0.1) is 0 Å². The molecule has 1 aliphatic carbocycles. The number of nitrogens with zero attached hydrogens (tertiary/aromatic N) is 1. The summed E-state index contributed by atoms with van der Waals surface area (Å²) in [7, 11) is 0. The predicted molar refractivity (Wildman–Crippen MR) is 79.9 cm³/mol. The summed E-state index contributed by atoms with van der Waals surface area (Å²) in [5, 5.41) is 3.09. The SMILES string of the molecule is CC(C)N(CCNC(=O)C1CCCC1CN)C(C)C. The van der Waals surface area contributed by atoms with Crippen LogP contribution in [-0.4, -0.2) is 42.5 Å². The number of hydrogen-bond donors (Lipinski definition) is 2. The van der Waals surface area contributed by atoms with Gasteiger partial charge in [0.15, 0.2) is 0 Å². The van der Waals surface area contributed by atoms with Crippen molar-refractivity contribution in [1.29, 1.82) is 0 Å². The summed E-state index contributed by atoms with van der Waals surface area (Å²) in [6.07, 6.45) is 3.26. The monoisotopic (exact) mass is 269 g/mol. The predicted octanol–water partition coefficient (Wildman–Crippen LogP) is 1.60. The smallest absolute Gasteiger partial charge is 0.223 e. The number of carbonyl (C=O) groups excluding carboxylic acids is 1. The van der Waals surface area contributed by atoms with Crippen LogP contribution >= 0.6 is 0 Å². The summed E-state index contributed by atoms with van der Waals surface area (Å²) < 4.78 is 0. The highest BCUT2D eigenvalue weighted by Crippen LogP contribution is 2.30. The number of carbonyl (C=O) groups is 1. The van der Waals surface area contributed by atoms with E-state index < -0.39 is 0 Å². The van der Waals surface area contributed by atoms with Gasteiger partial charge in [-0.2, -0.15) is 0 Å². The molecule has 0 spiro atoms. The molecule has 0 aromatic heterocycles. The zero-order chi connectivity index (χ0) is 14.4. The van der Waals surface area contributed by atoms with E-state index in [0.717, 1.165) is 32.4 Å². The number of hydrogen-bond acceptors (Lipinski definition) is 3. The molecule has 0 saturated heterocycles. The molecule has 112 valence electrons. The van der Waals surface area contributed by atoms with Gasteiger partial charge in [0.2, 0.25) is 5.91 Å². The maximum atomic E-state index is 12.2. The third-order valence-electron chi connectivity index (χ3n) is 4.29. The van der Waals surface area contributed by atoms with Crippen molar-refractivity contribution in [3.63, 3.8) is 0 Å². The maximum absolute atomic E-state index is 12.2. The van der Waals surface area contributed by atoms with Crippen molar-refractivity contribution >= 4 is 5.91 Å². The molecule has 1 amide bonds. The zero-order valence-corrected chi connectivity index (χ0v) is 13.0. The molecule has 1 saturated carbocycles. The van der Waals surface area contributed by atoms with Crippen LogP contribution in [0.1, 0.15) is 47.0 Å². The molecule has 1 rings (SSSR count). The standard InChI is InChI=1S/C15H31N3O/c1-11(2)18(12(3)4)9-8-17-15(19)14-7-5-6-13(14)10-16/h11-14H,5-10,16H2,1-4H3,(H,17,19). The Hall–Kier alpha value is -0.610. The number of nitrogens with one attached hydrogen (secondary N) is 1. The van der Waals surface area contributed by atoms with E-state index in [4.69, 9.17) is 5.73 Å². The Morgan fingerprint density at radius 3 is 2.42 bits per heavy atom. The minimum atomic E-state index is 0.150. The summed E-state index contributed by atoms with van der Waals surface area (Å²) in [6, 6.07) is 1.03. The second kappa shape index (κ2) is 7.85. The maximum Gasteiger partial charge on any atom is 0.223 e. The molecule has 0 heterocycles. The van der Waals surface area contributed by atoms with Crippen LogP contribution in [0.5, 0.6) is 0 Å². The average molecular weight is 269 g/mol. The van der Waals surface area contributed by atoms with E-state index in [1.807, 2.05) is 0 Å². The highest BCUT2D eigenvalue weighted by molar-refractivity contribution is 5.79. The molecule has 1 fully saturated rings. The quantitative estimate of drug-likeness (QED) is 0.738. The summed E-state index contributed by atoms with van der Waals surface area (Å²) >= 11 is 0. The Bertz CT molecular complexity index is 271. The largest absolute Gasteiger partial charge is 0.355 e. The minimum Gasteiger partial charge on any atom is -0.355 e. The fourth-order valence-corrected chi connectivity index (χ4v) is 3.22. The Labute approximate surface area is 118 Å². The molecule has 0 aliphatic heterocycles. The first-order valence-electron chi connectivity index (χ1n) is 7.70. The van der Waals surface area contributed by atoms with Crippen LogP contribution in [-0.2, 0) is 4.79 Å². The molecular formula is C15H31N3O. The Morgan fingerprint density at radius 1 is 1.26 bits per heavy atom. The lowest BCUT2D eigenvalue weighted by Gasteiger charge is -2.30. The number of nitrogens with two attached hydrogens (primary N) is 1. The molecular weight excluding hydrogens is 238 g/mol. The second-order valence-electron chi connectivity index (χ2n) is 6.25. The van der Waals surface area contributed by atoms with Crippen LogP contribution in [0.25, 0.3) is 0 Å². The first-order chi connectivity index (χ1) is 8.97. The van der Waals surface area contributed by atoms with Gasteiger partial charge in [-0.3, -0.25) is 9.69 Å². The zero-order valence-electron chi connectivity index (χ0n) is 13.0. The third kappa shape index (κ3) is 4.77. The normalized spacial score (nSPS) is 23.6. The minimum absolute atomic E-state index is 0.150. The molecule has 1 aliphatic rings. The van der Waals surface area contributed by atoms with Crippen molar-refractivity contribution in [1.82, 2.24) is 10.2 Å². The van der Waals surface area contributed by atoms with E-state index in [1.54, 1.807) is 0 Å². The van der Waals surface area contributed by atoms with Crippen LogP contribution in [0.2, 0.25) is 0 Å². The van der Waals surface area contributed by atoms with Crippen molar-refractivity contribution in [2.24, 2.45) is 17.6 Å². The lowest BCUT2D eigenvalue weighted by atomic mass is 9.95. The van der Waals surface area contributed by atoms with Gasteiger partial charge in [0.25, 0.3) is 0 Å². The lowest BCUT2D eigenvalue weighted by molar-refractivity contribution is -0.126. The van der Waals surface area contributed by atoms with Gasteiger partial charge >= 0.3 is 0 Å². The van der Waals surface area contributed by atoms with Crippen LogP contribution in [0, 0.1) is 11.8 Å². The fraction of sp³-hybridized carbons (Fsp3) is 0.933. The van der Waals surface area contributed by atoms with E-state index in [-0.39, 0.29) is 11.8 Å². The van der Waals surface area contributed by atoms with E-state index in [0.29, 0.717) is 24.5 Å². The highest BCUT2D eigenvalue weighted by atomic mass is 16.1. The Kier molecular flexibility index (Phi) is 6.80. The summed E-state index contributed by atoms with van der Waals surface area (Å²) in [5.41, 5.74) is 5.73. The van der Waals surface area contributed by atoms with Crippen LogP contribution in [0.15, 0.2) is 0 Å². The van der Waals surface area contributed by atoms with Gasteiger partial charge in [-0.25, -0.2) is 0 Å². The van der Waals surface area contributed by atoms with E-state index >= 15 is 0 Å². The van der Waals surface area contributed by atoms with Crippen LogP contribution in [0.4, 0.5) is 0 Å². The Morgan fingerprint density at radius 2 is 1.89 bits per heavy atom. The first-order valence-corrected chi connectivity index (χ1v) is 7.70. The van der Waals surface area contributed by atoms with Crippen LogP contribution < -0.4 is 11.1 Å². The van der Waals surface area contributed by atoms with Gasteiger partial charge in [-0.05, 0) is 53.0 Å². The summed E-state index contributed by atoms with van der Waals surface area (Å²) in [6.45, 7) is 11.1. The molecule has 0 radical (unpaired) electrons. The van der Waals surface area contributed by atoms with Gasteiger partial charge < -0.3 is 11.1 Å². The van der Waals surface area contributed by atoms with Crippen molar-refractivity contribution < 1.29 is 4.79 Å². The van der Waals surface area contributed by atoms with Crippen molar-refractivity contribution in [3.05, 3.63) is 0 Å². The van der Waals surface area contributed by atoms with Gasteiger partial charge in [0.05, 0.1) is 0 Å². The molecule has 0 aromatic carbocycles. The summed E-state index contributed by atoms with van der Waals surface area (Å²) in [5.74, 6) is 0.753. The lowest BCUT2D eigenvalue weighted by Crippen LogP contribution is -2.44. The van der Waals surface area contributed by atoms with E-state index in [9.17, 15) is 4.79 Å². The first kappa shape index (κ1) is 16.4. The van der Waals surface area contributed by atoms with E-state index in [2.05, 4.69) is 37.9 Å². The van der Waals surface area contributed by atoms with Crippen molar-refractivity contribution in [3.8, 4) is 0 Å². The van der Waals surface area contributed by atoms with Crippen LogP contribution in [0.3, 0.4) is 0 Å². The fourth-order valence-electron chi connectivity index (χ4n) is 3.22. The molecule has 0 aromatic rings. The van der Waals surface area contributed by atoms with Gasteiger partial charge in [0, 0.05) is 31.1 Å². The van der Waals surface area contributed by atoms with Crippen molar-refractivity contribution in [2.75, 3.05) is 19.6 Å². The number of amides is 1. The molecule has 0 bridgehead atoms. The second-order valence-corrected chi connectivity index (χ2v) is 6.25. The topological polar surface area (TPSA) is 58.4 Å². The highest BCUT2D eigenvalue weighted by Gasteiger charge is 2.31. The molecule has 3 N–H and O–H groups in total. The Balaban J connectivity index is 2.34. The van der Waals surface area contributed by atoms with Gasteiger partial charge in [-0.1, -0.05) is 6.42 Å². The number of rotatable bonds is 7. The third-order valence-corrected chi connectivity index (χ3v) is 4.29.